The van der Waals surface area contributed by atoms with Gasteiger partial charge in [-0.1, -0.05) is 0 Å². The lowest BCUT2D eigenvalue weighted by molar-refractivity contribution is -0.120. The Bertz CT molecular complexity index is 377. The number of alkyl halides is 1. The first-order chi connectivity index (χ1) is 8.28. The van der Waals surface area contributed by atoms with Crippen molar-refractivity contribution in [1.82, 2.24) is 10.3 Å². The first-order valence-electron chi connectivity index (χ1n) is 5.65. The van der Waals surface area contributed by atoms with Gasteiger partial charge in [0.2, 0.25) is 5.91 Å². The Morgan fingerprint density at radius 3 is 3.18 bits per heavy atom. The number of amides is 1. The minimum absolute atomic E-state index is 0.0629. The van der Waals surface area contributed by atoms with E-state index in [-0.39, 0.29) is 5.91 Å². The van der Waals surface area contributed by atoms with E-state index in [1.54, 1.807) is 0 Å². The van der Waals surface area contributed by atoms with Gasteiger partial charge in [-0.3, -0.25) is 4.79 Å². The van der Waals surface area contributed by atoms with E-state index in [2.05, 4.69) is 10.3 Å². The fourth-order valence-corrected chi connectivity index (χ4v) is 3.95. The van der Waals surface area contributed by atoms with Crippen LogP contribution in [0.15, 0.2) is 5.38 Å². The van der Waals surface area contributed by atoms with Crippen LogP contribution in [0, 0.1) is 0 Å². The number of nitrogens with one attached hydrogen (secondary N) is 1. The van der Waals surface area contributed by atoms with Crippen molar-refractivity contribution in [2.75, 3.05) is 12.3 Å². The molecule has 0 saturated carbocycles. The summed E-state index contributed by atoms with van der Waals surface area (Å²) in [5.41, 5.74) is 0.853. The van der Waals surface area contributed by atoms with E-state index in [9.17, 15) is 4.79 Å². The van der Waals surface area contributed by atoms with Crippen molar-refractivity contribution in [3.63, 3.8) is 0 Å². The van der Waals surface area contributed by atoms with Crippen molar-refractivity contribution in [3.05, 3.63) is 16.1 Å². The Morgan fingerprint density at radius 1 is 1.65 bits per heavy atom. The van der Waals surface area contributed by atoms with Gasteiger partial charge in [0.15, 0.2) is 0 Å². The second kappa shape index (κ2) is 6.61. The highest BCUT2D eigenvalue weighted by atomic mass is 35.5. The average molecular weight is 291 g/mol. The zero-order chi connectivity index (χ0) is 12.1. The molecule has 1 N–H and O–H groups in total. The van der Waals surface area contributed by atoms with Gasteiger partial charge in [-0.05, 0) is 18.6 Å². The number of hydrogen-bond acceptors (Lipinski definition) is 4. The molecule has 1 fully saturated rings. The molecule has 6 heteroatoms. The summed E-state index contributed by atoms with van der Waals surface area (Å²) in [5, 5.41) is 6.33. The molecule has 1 saturated heterocycles. The van der Waals surface area contributed by atoms with Crippen molar-refractivity contribution < 1.29 is 4.79 Å². The number of carbonyl (C=O) groups excluding carboxylic acids is 1. The number of halogens is 1. The van der Waals surface area contributed by atoms with Crippen LogP contribution in [0.3, 0.4) is 0 Å². The molecule has 1 aliphatic heterocycles. The number of hydrogen-bond donors (Lipinski definition) is 1. The molecule has 1 unspecified atom stereocenters. The highest BCUT2D eigenvalue weighted by Gasteiger charge is 2.16. The zero-order valence-electron chi connectivity index (χ0n) is 9.45. The molecular formula is C11H15ClN2OS2. The van der Waals surface area contributed by atoms with Crippen LogP contribution in [-0.4, -0.2) is 28.4 Å². The maximum atomic E-state index is 11.7. The van der Waals surface area contributed by atoms with Crippen LogP contribution in [0.1, 0.15) is 23.5 Å². The molecule has 1 aliphatic rings. The minimum atomic E-state index is 0.0629. The number of nitrogens with zero attached hydrogens (tertiary/aromatic N) is 1. The molecular weight excluding hydrogens is 276 g/mol. The predicted molar refractivity (Wildman–Crippen MR) is 73.9 cm³/mol. The summed E-state index contributed by atoms with van der Waals surface area (Å²) in [7, 11) is 0. The molecule has 1 atom stereocenters. The summed E-state index contributed by atoms with van der Waals surface area (Å²) in [6, 6.07) is 0. The molecule has 94 valence electrons. The van der Waals surface area contributed by atoms with Crippen LogP contribution in [0.2, 0.25) is 0 Å². The lowest BCUT2D eigenvalue weighted by atomic mass is 10.2. The number of carbonyl (C=O) groups is 1. The standard InChI is InChI=1S/C11H15ClN2OS2/c12-5-8-7-17-11(14-8)4-10(15)13-6-9-2-1-3-16-9/h7,9H,1-6H2,(H,13,15). The summed E-state index contributed by atoms with van der Waals surface area (Å²) in [6.07, 6.45) is 2.87. The molecule has 1 aromatic heterocycles. The van der Waals surface area contributed by atoms with Crippen LogP contribution < -0.4 is 5.32 Å². The Morgan fingerprint density at radius 2 is 2.53 bits per heavy atom. The van der Waals surface area contributed by atoms with E-state index in [1.165, 1.54) is 29.9 Å². The van der Waals surface area contributed by atoms with Crippen molar-refractivity contribution in [2.24, 2.45) is 0 Å². The summed E-state index contributed by atoms with van der Waals surface area (Å²) in [5.74, 6) is 1.70. The molecule has 0 bridgehead atoms. The molecule has 0 aromatic carbocycles. The first-order valence-corrected chi connectivity index (χ1v) is 8.12. The van der Waals surface area contributed by atoms with E-state index in [0.29, 0.717) is 17.6 Å². The third kappa shape index (κ3) is 4.16. The van der Waals surface area contributed by atoms with Crippen LogP contribution in [0.25, 0.3) is 0 Å². The molecule has 0 aliphatic carbocycles. The van der Waals surface area contributed by atoms with Gasteiger partial charge < -0.3 is 5.32 Å². The number of thiazole rings is 1. The molecule has 2 heterocycles. The number of aromatic nitrogens is 1. The molecule has 17 heavy (non-hydrogen) atoms. The van der Waals surface area contributed by atoms with Crippen molar-refractivity contribution in [3.8, 4) is 0 Å². The van der Waals surface area contributed by atoms with Gasteiger partial charge in [0.05, 0.1) is 18.0 Å². The Hall–Kier alpha value is -0.260. The predicted octanol–water partition coefficient (Wildman–Crippen LogP) is 2.44. The van der Waals surface area contributed by atoms with Gasteiger partial charge in [-0.2, -0.15) is 11.8 Å². The van der Waals surface area contributed by atoms with Gasteiger partial charge in [0.1, 0.15) is 5.01 Å². The largest absolute Gasteiger partial charge is 0.355 e. The van der Waals surface area contributed by atoms with E-state index in [1.807, 2.05) is 17.1 Å². The van der Waals surface area contributed by atoms with E-state index in [4.69, 9.17) is 11.6 Å². The fraction of sp³-hybridized carbons (Fsp3) is 0.636. The maximum Gasteiger partial charge on any atom is 0.226 e. The SMILES string of the molecule is O=C(Cc1nc(CCl)cs1)NCC1CCCS1. The smallest absolute Gasteiger partial charge is 0.226 e. The second-order valence-corrected chi connectivity index (χ2v) is 6.60. The fourth-order valence-electron chi connectivity index (χ4n) is 1.72. The van der Waals surface area contributed by atoms with Gasteiger partial charge in [-0.25, -0.2) is 4.98 Å². The highest BCUT2D eigenvalue weighted by Crippen LogP contribution is 2.25. The lowest BCUT2D eigenvalue weighted by Crippen LogP contribution is -2.30. The molecule has 1 amide bonds. The topological polar surface area (TPSA) is 42.0 Å². The second-order valence-electron chi connectivity index (χ2n) is 3.98. The van der Waals surface area contributed by atoms with E-state index in [0.717, 1.165) is 17.2 Å². The average Bonchev–Trinajstić information content (AvgIpc) is 2.97. The molecule has 0 radical (unpaired) electrons. The monoisotopic (exact) mass is 290 g/mol. The Balaban J connectivity index is 1.72. The van der Waals surface area contributed by atoms with Crippen LogP contribution in [0.4, 0.5) is 0 Å². The van der Waals surface area contributed by atoms with Crippen LogP contribution in [-0.2, 0) is 17.1 Å². The lowest BCUT2D eigenvalue weighted by Gasteiger charge is -2.09. The Kier molecular flexibility index (Phi) is 5.13. The Labute approximate surface area is 114 Å². The van der Waals surface area contributed by atoms with Gasteiger partial charge in [-0.15, -0.1) is 22.9 Å². The quantitative estimate of drug-likeness (QED) is 0.847. The minimum Gasteiger partial charge on any atom is -0.355 e. The van der Waals surface area contributed by atoms with Gasteiger partial charge >= 0.3 is 0 Å². The maximum absolute atomic E-state index is 11.7. The molecule has 0 spiro atoms. The number of thioether (sulfide) groups is 1. The van der Waals surface area contributed by atoms with Crippen molar-refractivity contribution >= 4 is 40.6 Å². The summed E-state index contributed by atoms with van der Waals surface area (Å²) in [6.45, 7) is 0.789. The van der Waals surface area contributed by atoms with E-state index < -0.39 is 0 Å². The van der Waals surface area contributed by atoms with Gasteiger partial charge in [0.25, 0.3) is 0 Å². The zero-order valence-corrected chi connectivity index (χ0v) is 11.8. The molecule has 2 rings (SSSR count). The van der Waals surface area contributed by atoms with Gasteiger partial charge in [0, 0.05) is 17.2 Å². The molecule has 3 nitrogen and oxygen atoms in total. The molecule has 1 aromatic rings. The normalized spacial score (nSPS) is 19.5. The summed E-state index contributed by atoms with van der Waals surface area (Å²) >= 11 is 9.12. The van der Waals surface area contributed by atoms with Crippen LogP contribution >= 0.6 is 34.7 Å². The first kappa shape index (κ1) is 13.2. The van der Waals surface area contributed by atoms with Crippen molar-refractivity contribution in [1.29, 1.82) is 0 Å². The summed E-state index contributed by atoms with van der Waals surface area (Å²) < 4.78 is 0. The number of rotatable bonds is 5. The third-order valence-corrected chi connectivity index (χ3v) is 5.17. The third-order valence-electron chi connectivity index (χ3n) is 2.60. The highest BCUT2D eigenvalue weighted by molar-refractivity contribution is 8.00. The summed E-state index contributed by atoms with van der Waals surface area (Å²) in [4.78, 5) is 15.9. The van der Waals surface area contributed by atoms with Crippen molar-refractivity contribution in [2.45, 2.75) is 30.4 Å². The van der Waals surface area contributed by atoms with E-state index >= 15 is 0 Å². The van der Waals surface area contributed by atoms with Crippen LogP contribution in [0.5, 0.6) is 0 Å².